The van der Waals surface area contributed by atoms with Crippen LogP contribution in [0.15, 0.2) is 35.0 Å². The van der Waals surface area contributed by atoms with E-state index in [9.17, 15) is 23.2 Å². The van der Waals surface area contributed by atoms with E-state index in [-0.39, 0.29) is 22.2 Å². The third-order valence-corrected chi connectivity index (χ3v) is 5.99. The maximum atomic E-state index is 13.3. The zero-order chi connectivity index (χ0) is 22.5. The molecule has 0 bridgehead atoms. The molecule has 0 aliphatic heterocycles. The zero-order valence-corrected chi connectivity index (χ0v) is 18.3. The Hall–Kier alpha value is -2.82. The van der Waals surface area contributed by atoms with Crippen molar-refractivity contribution in [2.75, 3.05) is 18.5 Å². The Morgan fingerprint density at radius 3 is 2.52 bits per heavy atom. The minimum atomic E-state index is -1.28. The monoisotopic (exact) mass is 485 g/mol. The average Bonchev–Trinajstić information content (AvgIpc) is 3.39. The van der Waals surface area contributed by atoms with Crippen LogP contribution in [0.2, 0.25) is 5.02 Å². The number of esters is 2. The molecule has 0 atom stereocenters. The van der Waals surface area contributed by atoms with Gasteiger partial charge in [-0.3, -0.25) is 4.79 Å². The fourth-order valence-electron chi connectivity index (χ4n) is 2.52. The van der Waals surface area contributed by atoms with Crippen molar-refractivity contribution >= 4 is 57.1 Å². The first-order valence-electron chi connectivity index (χ1n) is 8.75. The van der Waals surface area contributed by atoms with Crippen LogP contribution in [0.1, 0.15) is 27.6 Å². The highest BCUT2D eigenvalue weighted by molar-refractivity contribution is 7.17. The van der Waals surface area contributed by atoms with Gasteiger partial charge in [-0.05, 0) is 30.5 Å². The lowest BCUT2D eigenvalue weighted by Gasteiger charge is -2.09. The van der Waals surface area contributed by atoms with Crippen LogP contribution in [0.3, 0.4) is 0 Å². The first-order chi connectivity index (χ1) is 14.8. The van der Waals surface area contributed by atoms with Crippen molar-refractivity contribution in [3.63, 3.8) is 0 Å². The fourth-order valence-corrected chi connectivity index (χ4v) is 4.53. The van der Waals surface area contributed by atoms with Gasteiger partial charge in [-0.1, -0.05) is 17.7 Å². The molecule has 3 rings (SSSR count). The van der Waals surface area contributed by atoms with E-state index >= 15 is 0 Å². The van der Waals surface area contributed by atoms with E-state index < -0.39 is 41.7 Å². The number of thiophene rings is 2. The van der Waals surface area contributed by atoms with Gasteiger partial charge in [0.05, 0.1) is 17.2 Å². The summed E-state index contributed by atoms with van der Waals surface area (Å²) in [4.78, 5) is 37.6. The molecule has 0 radical (unpaired) electrons. The van der Waals surface area contributed by atoms with Crippen LogP contribution in [-0.2, 0) is 14.3 Å². The van der Waals surface area contributed by atoms with Crippen LogP contribution in [-0.4, -0.2) is 31.1 Å². The molecule has 1 N–H and O–H groups in total. The number of nitrogens with one attached hydrogen (secondary N) is 1. The van der Waals surface area contributed by atoms with E-state index in [2.05, 4.69) is 5.32 Å². The van der Waals surface area contributed by atoms with Gasteiger partial charge >= 0.3 is 11.9 Å². The number of carbonyl (C=O) groups is 3. The quantitative estimate of drug-likeness (QED) is 0.359. The fraction of sp³-hybridized carbons (Fsp3) is 0.150. The minimum Gasteiger partial charge on any atom is -0.462 e. The lowest BCUT2D eigenvalue weighted by molar-refractivity contribution is -0.119. The normalized spacial score (nSPS) is 10.6. The third kappa shape index (κ3) is 5.27. The maximum Gasteiger partial charge on any atom is 0.341 e. The van der Waals surface area contributed by atoms with Crippen LogP contribution < -0.4 is 5.32 Å². The Bertz CT molecular complexity index is 1130. The van der Waals surface area contributed by atoms with E-state index in [1.807, 2.05) is 17.5 Å². The molecule has 162 valence electrons. The highest BCUT2D eigenvalue weighted by Crippen LogP contribution is 2.38. The van der Waals surface area contributed by atoms with E-state index in [1.54, 1.807) is 12.3 Å². The number of carbonyl (C=O) groups excluding carboxylic acids is 3. The van der Waals surface area contributed by atoms with Crippen molar-refractivity contribution < 1.29 is 32.6 Å². The molecular formula is C20H14ClF2NO5S2. The largest absolute Gasteiger partial charge is 0.462 e. The first-order valence-corrected chi connectivity index (χ1v) is 10.9. The SMILES string of the molecule is CCOC(=O)c1c(-c2cccs2)csc1NC(=O)COC(=O)c1cc(F)c(F)cc1Cl. The predicted octanol–water partition coefficient (Wildman–Crippen LogP) is 5.38. The van der Waals surface area contributed by atoms with Crippen molar-refractivity contribution in [1.82, 2.24) is 0 Å². The number of hydrogen-bond acceptors (Lipinski definition) is 7. The van der Waals surface area contributed by atoms with Crippen molar-refractivity contribution in [2.45, 2.75) is 6.92 Å². The number of halogens is 3. The second-order valence-electron chi connectivity index (χ2n) is 5.92. The molecule has 0 saturated heterocycles. The molecule has 2 aromatic heterocycles. The van der Waals surface area contributed by atoms with E-state index in [0.29, 0.717) is 17.7 Å². The number of benzene rings is 1. The van der Waals surface area contributed by atoms with Crippen molar-refractivity contribution in [3.8, 4) is 10.4 Å². The number of anilines is 1. The lowest BCUT2D eigenvalue weighted by atomic mass is 10.1. The van der Waals surface area contributed by atoms with Gasteiger partial charge in [-0.25, -0.2) is 18.4 Å². The smallest absolute Gasteiger partial charge is 0.341 e. The molecule has 1 amide bonds. The molecule has 3 aromatic rings. The summed E-state index contributed by atoms with van der Waals surface area (Å²) in [5, 5.41) is 5.95. The molecule has 0 saturated carbocycles. The summed E-state index contributed by atoms with van der Waals surface area (Å²) >= 11 is 8.26. The Labute approximate surface area is 188 Å². The summed E-state index contributed by atoms with van der Waals surface area (Å²) in [5.74, 6) is -4.94. The minimum absolute atomic E-state index is 0.151. The van der Waals surface area contributed by atoms with Gasteiger partial charge in [0.25, 0.3) is 5.91 Å². The topological polar surface area (TPSA) is 81.7 Å². The van der Waals surface area contributed by atoms with E-state index in [4.69, 9.17) is 21.1 Å². The van der Waals surface area contributed by atoms with Crippen LogP contribution in [0, 0.1) is 11.6 Å². The van der Waals surface area contributed by atoms with Crippen LogP contribution in [0.5, 0.6) is 0 Å². The molecule has 0 spiro atoms. The molecule has 0 aliphatic rings. The predicted molar refractivity (Wildman–Crippen MR) is 114 cm³/mol. The summed E-state index contributed by atoms with van der Waals surface area (Å²) in [5.41, 5.74) is 0.383. The molecular weight excluding hydrogens is 472 g/mol. The van der Waals surface area contributed by atoms with E-state index in [1.165, 1.54) is 11.3 Å². The lowest BCUT2D eigenvalue weighted by Crippen LogP contribution is -2.22. The highest BCUT2D eigenvalue weighted by atomic mass is 35.5. The molecule has 6 nitrogen and oxygen atoms in total. The van der Waals surface area contributed by atoms with Crippen LogP contribution in [0.25, 0.3) is 10.4 Å². The summed E-state index contributed by atoms with van der Waals surface area (Å²) in [7, 11) is 0. The number of ether oxygens (including phenoxy) is 2. The Balaban J connectivity index is 1.73. The standard InChI is InChI=1S/C20H14ClF2NO5S2/c1-2-28-20(27)17-11(15-4-3-5-30-15)9-31-18(17)24-16(25)8-29-19(26)10-6-13(22)14(23)7-12(10)21/h3-7,9H,2,8H2,1H3,(H,24,25). The van der Waals surface area contributed by atoms with Crippen molar-refractivity contribution in [1.29, 1.82) is 0 Å². The molecule has 0 unspecified atom stereocenters. The zero-order valence-electron chi connectivity index (χ0n) is 15.9. The van der Waals surface area contributed by atoms with Crippen LogP contribution in [0.4, 0.5) is 13.8 Å². The second kappa shape index (κ2) is 9.99. The highest BCUT2D eigenvalue weighted by Gasteiger charge is 2.24. The van der Waals surface area contributed by atoms with Gasteiger partial charge in [0, 0.05) is 15.8 Å². The summed E-state index contributed by atoms with van der Waals surface area (Å²) in [6, 6.07) is 4.88. The molecule has 1 aromatic carbocycles. The summed E-state index contributed by atoms with van der Waals surface area (Å²) < 4.78 is 36.4. The molecule has 11 heteroatoms. The first kappa shape index (κ1) is 22.9. The van der Waals surface area contributed by atoms with Crippen LogP contribution >= 0.6 is 34.3 Å². The number of rotatable bonds is 7. The van der Waals surface area contributed by atoms with Gasteiger partial charge in [-0.15, -0.1) is 22.7 Å². The molecule has 2 heterocycles. The summed E-state index contributed by atoms with van der Waals surface area (Å²) in [6.07, 6.45) is 0. The molecule has 0 fully saturated rings. The van der Waals surface area contributed by atoms with Gasteiger partial charge in [0.1, 0.15) is 10.6 Å². The molecule has 0 aliphatic carbocycles. The molecule has 31 heavy (non-hydrogen) atoms. The van der Waals surface area contributed by atoms with Gasteiger partial charge < -0.3 is 14.8 Å². The van der Waals surface area contributed by atoms with Crippen molar-refractivity contribution in [3.05, 3.63) is 62.8 Å². The maximum absolute atomic E-state index is 13.3. The number of hydrogen-bond donors (Lipinski definition) is 1. The average molecular weight is 486 g/mol. The summed E-state index contributed by atoms with van der Waals surface area (Å²) in [6.45, 7) is 1.08. The number of amides is 1. The Morgan fingerprint density at radius 1 is 1.10 bits per heavy atom. The second-order valence-corrected chi connectivity index (χ2v) is 8.16. The Morgan fingerprint density at radius 2 is 1.84 bits per heavy atom. The van der Waals surface area contributed by atoms with E-state index in [0.717, 1.165) is 16.2 Å². The van der Waals surface area contributed by atoms with Gasteiger partial charge in [-0.2, -0.15) is 0 Å². The third-order valence-electron chi connectivity index (χ3n) is 3.87. The Kier molecular flexibility index (Phi) is 7.37. The van der Waals surface area contributed by atoms with Crippen molar-refractivity contribution in [2.24, 2.45) is 0 Å². The van der Waals surface area contributed by atoms with Gasteiger partial charge in [0.15, 0.2) is 18.2 Å². The van der Waals surface area contributed by atoms with Gasteiger partial charge in [0.2, 0.25) is 0 Å².